The Bertz CT molecular complexity index is 854. The number of rotatable bonds is 5. The van der Waals surface area contributed by atoms with E-state index in [9.17, 15) is 28.5 Å². The van der Waals surface area contributed by atoms with Gasteiger partial charge in [0.25, 0.3) is 11.6 Å². The van der Waals surface area contributed by atoms with Crippen LogP contribution in [-0.4, -0.2) is 23.4 Å². The van der Waals surface area contributed by atoms with Crippen LogP contribution >= 0.6 is 0 Å². The van der Waals surface area contributed by atoms with Crippen LogP contribution in [0.3, 0.4) is 0 Å². The van der Waals surface area contributed by atoms with E-state index in [0.29, 0.717) is 11.6 Å². The van der Waals surface area contributed by atoms with Crippen LogP contribution in [0.15, 0.2) is 36.4 Å². The van der Waals surface area contributed by atoms with Crippen LogP contribution in [0.1, 0.15) is 15.9 Å². The molecule has 9 heteroatoms. The van der Waals surface area contributed by atoms with Crippen molar-refractivity contribution in [2.45, 2.75) is 6.92 Å². The van der Waals surface area contributed by atoms with Gasteiger partial charge in [-0.2, -0.15) is 0 Å². The van der Waals surface area contributed by atoms with Crippen molar-refractivity contribution in [3.8, 4) is 0 Å². The number of nitrogens with zero attached hydrogens (tertiary/aromatic N) is 1. The number of nitro groups is 1. The highest BCUT2D eigenvalue weighted by Gasteiger charge is 2.18. The molecule has 1 amide bonds. The lowest BCUT2D eigenvalue weighted by Gasteiger charge is -2.08. The van der Waals surface area contributed by atoms with Crippen LogP contribution in [0.5, 0.6) is 0 Å². The van der Waals surface area contributed by atoms with E-state index in [2.05, 4.69) is 10.1 Å². The minimum Gasteiger partial charge on any atom is -0.452 e. The van der Waals surface area contributed by atoms with Crippen molar-refractivity contribution >= 4 is 23.3 Å². The molecule has 0 spiro atoms. The summed E-state index contributed by atoms with van der Waals surface area (Å²) in [5, 5.41) is 13.2. The Kier molecular flexibility index (Phi) is 5.38. The molecule has 25 heavy (non-hydrogen) atoms. The molecule has 0 aliphatic rings. The first-order valence-electron chi connectivity index (χ1n) is 6.95. The van der Waals surface area contributed by atoms with Crippen molar-refractivity contribution in [3.05, 3.63) is 69.3 Å². The Morgan fingerprint density at radius 3 is 2.56 bits per heavy atom. The highest BCUT2D eigenvalue weighted by atomic mass is 19.1. The number of carbonyl (C=O) groups is 2. The van der Waals surface area contributed by atoms with Crippen LogP contribution in [0.4, 0.5) is 20.2 Å². The number of hydrogen-bond acceptors (Lipinski definition) is 5. The molecule has 130 valence electrons. The third-order valence-electron chi connectivity index (χ3n) is 3.11. The zero-order valence-corrected chi connectivity index (χ0v) is 12.9. The molecule has 0 aliphatic carbocycles. The van der Waals surface area contributed by atoms with E-state index in [-0.39, 0.29) is 11.4 Å². The number of esters is 1. The smallest absolute Gasteiger partial charge is 0.341 e. The second-order valence-corrected chi connectivity index (χ2v) is 5.03. The Morgan fingerprint density at radius 1 is 1.20 bits per heavy atom. The number of ether oxygens (including phenoxy) is 1. The maximum absolute atomic E-state index is 13.4. The molecule has 0 heterocycles. The predicted molar refractivity (Wildman–Crippen MR) is 83.1 cm³/mol. The van der Waals surface area contributed by atoms with Gasteiger partial charge in [-0.25, -0.2) is 13.6 Å². The molecule has 7 nitrogen and oxygen atoms in total. The molecule has 0 atom stereocenters. The van der Waals surface area contributed by atoms with Crippen LogP contribution in [0.2, 0.25) is 0 Å². The van der Waals surface area contributed by atoms with E-state index in [4.69, 9.17) is 0 Å². The van der Waals surface area contributed by atoms with Crippen LogP contribution in [0.25, 0.3) is 0 Å². The van der Waals surface area contributed by atoms with Crippen molar-refractivity contribution in [3.63, 3.8) is 0 Å². The van der Waals surface area contributed by atoms with E-state index in [0.717, 1.165) is 12.1 Å². The van der Waals surface area contributed by atoms with E-state index in [1.54, 1.807) is 13.0 Å². The molecular weight excluding hydrogens is 338 g/mol. The largest absolute Gasteiger partial charge is 0.452 e. The molecule has 0 radical (unpaired) electrons. The Labute approximate surface area is 140 Å². The van der Waals surface area contributed by atoms with Gasteiger partial charge in [-0.3, -0.25) is 14.9 Å². The van der Waals surface area contributed by atoms with E-state index >= 15 is 0 Å². The zero-order valence-electron chi connectivity index (χ0n) is 12.9. The fourth-order valence-electron chi connectivity index (χ4n) is 1.95. The van der Waals surface area contributed by atoms with E-state index in [1.165, 1.54) is 12.1 Å². The molecule has 2 aromatic carbocycles. The van der Waals surface area contributed by atoms with Crippen molar-refractivity contribution in [1.82, 2.24) is 0 Å². The SMILES string of the molecule is Cc1ccc(NC(=O)COC(=O)c2ccc(F)cc2F)c([N+](=O)[O-])c1. The summed E-state index contributed by atoms with van der Waals surface area (Å²) in [5.74, 6) is -3.99. The van der Waals surface area contributed by atoms with Gasteiger partial charge in [0.05, 0.1) is 10.5 Å². The molecule has 0 bridgehead atoms. The van der Waals surface area contributed by atoms with Crippen LogP contribution in [0, 0.1) is 28.7 Å². The van der Waals surface area contributed by atoms with Gasteiger partial charge in [-0.15, -0.1) is 0 Å². The summed E-state index contributed by atoms with van der Waals surface area (Å²) >= 11 is 0. The fourth-order valence-corrected chi connectivity index (χ4v) is 1.95. The first kappa shape index (κ1) is 18.0. The molecule has 2 rings (SSSR count). The first-order chi connectivity index (χ1) is 11.8. The average molecular weight is 350 g/mol. The predicted octanol–water partition coefficient (Wildman–Crippen LogP) is 2.98. The zero-order chi connectivity index (χ0) is 18.6. The number of carbonyl (C=O) groups excluding carboxylic acids is 2. The number of nitro benzene ring substituents is 1. The maximum atomic E-state index is 13.4. The number of aryl methyl sites for hydroxylation is 1. The molecule has 0 saturated carbocycles. The average Bonchev–Trinajstić information content (AvgIpc) is 2.54. The quantitative estimate of drug-likeness (QED) is 0.508. The number of nitrogens with one attached hydrogen (secondary N) is 1. The molecule has 2 aromatic rings. The lowest BCUT2D eigenvalue weighted by molar-refractivity contribution is -0.384. The highest BCUT2D eigenvalue weighted by molar-refractivity contribution is 5.96. The topological polar surface area (TPSA) is 98.5 Å². The van der Waals surface area contributed by atoms with E-state index < -0.39 is 40.6 Å². The van der Waals surface area contributed by atoms with Gasteiger partial charge in [0.2, 0.25) is 0 Å². The lowest BCUT2D eigenvalue weighted by atomic mass is 10.2. The summed E-state index contributed by atoms with van der Waals surface area (Å²) < 4.78 is 30.8. The van der Waals surface area contributed by atoms with Gasteiger partial charge in [0.15, 0.2) is 6.61 Å². The summed E-state index contributed by atoms with van der Waals surface area (Å²) in [6.07, 6.45) is 0. The third kappa shape index (κ3) is 4.56. The summed E-state index contributed by atoms with van der Waals surface area (Å²) in [6.45, 7) is 0.859. The summed E-state index contributed by atoms with van der Waals surface area (Å²) in [5.41, 5.74) is -0.285. The Morgan fingerprint density at radius 2 is 1.92 bits per heavy atom. The van der Waals surface area contributed by atoms with Gasteiger partial charge >= 0.3 is 5.97 Å². The van der Waals surface area contributed by atoms with E-state index in [1.807, 2.05) is 0 Å². The minimum absolute atomic E-state index is 0.0652. The van der Waals surface area contributed by atoms with Gasteiger partial charge in [0.1, 0.15) is 17.3 Å². The number of halogens is 2. The van der Waals surface area contributed by atoms with Crippen molar-refractivity contribution < 1.29 is 28.0 Å². The van der Waals surface area contributed by atoms with Gasteiger partial charge in [-0.1, -0.05) is 6.07 Å². The third-order valence-corrected chi connectivity index (χ3v) is 3.11. The van der Waals surface area contributed by atoms with Crippen LogP contribution in [-0.2, 0) is 9.53 Å². The Balaban J connectivity index is 2.01. The number of hydrogen-bond donors (Lipinski definition) is 1. The summed E-state index contributed by atoms with van der Waals surface area (Å²) in [6, 6.07) is 6.43. The first-order valence-corrected chi connectivity index (χ1v) is 6.95. The normalized spacial score (nSPS) is 10.2. The van der Waals surface area contributed by atoms with Crippen molar-refractivity contribution in [1.29, 1.82) is 0 Å². The molecule has 0 fully saturated rings. The van der Waals surface area contributed by atoms with Gasteiger partial charge in [0, 0.05) is 12.1 Å². The second kappa shape index (κ2) is 7.47. The number of anilines is 1. The monoisotopic (exact) mass is 350 g/mol. The molecule has 0 unspecified atom stereocenters. The summed E-state index contributed by atoms with van der Waals surface area (Å²) in [7, 11) is 0. The standard InChI is InChI=1S/C16H12F2N2O5/c1-9-2-5-13(14(6-9)20(23)24)19-15(21)8-25-16(22)11-4-3-10(17)7-12(11)18/h2-7H,8H2,1H3,(H,19,21). The second-order valence-electron chi connectivity index (χ2n) is 5.03. The molecule has 1 N–H and O–H groups in total. The summed E-state index contributed by atoms with van der Waals surface area (Å²) in [4.78, 5) is 33.8. The highest BCUT2D eigenvalue weighted by Crippen LogP contribution is 2.25. The fraction of sp³-hybridized carbons (Fsp3) is 0.125. The van der Waals surface area contributed by atoms with Crippen molar-refractivity contribution in [2.24, 2.45) is 0 Å². The minimum atomic E-state index is -1.16. The number of benzene rings is 2. The molecule has 0 aliphatic heterocycles. The molecule has 0 saturated heterocycles. The Hall–Kier alpha value is -3.36. The van der Waals surface area contributed by atoms with Crippen LogP contribution < -0.4 is 5.32 Å². The maximum Gasteiger partial charge on any atom is 0.341 e. The molecular formula is C16H12F2N2O5. The lowest BCUT2D eigenvalue weighted by Crippen LogP contribution is -2.21. The molecule has 0 aromatic heterocycles. The number of amides is 1. The van der Waals surface area contributed by atoms with Gasteiger partial charge < -0.3 is 10.1 Å². The van der Waals surface area contributed by atoms with Crippen molar-refractivity contribution in [2.75, 3.05) is 11.9 Å². The van der Waals surface area contributed by atoms with Gasteiger partial charge in [-0.05, 0) is 30.7 Å².